The number of halogens is 1. The molecule has 0 atom stereocenters. The average Bonchev–Trinajstić information content (AvgIpc) is 2.98. The summed E-state index contributed by atoms with van der Waals surface area (Å²) in [5, 5.41) is 0. The van der Waals surface area contributed by atoms with Gasteiger partial charge < -0.3 is 8.82 Å². The highest BCUT2D eigenvalue weighted by Crippen LogP contribution is 2.18. The lowest BCUT2D eigenvalue weighted by atomic mass is 10.3. The maximum absolute atomic E-state index is 12.1. The third-order valence-electron chi connectivity index (χ3n) is 3.52. The molecule has 0 aliphatic heterocycles. The number of rotatable bonds is 2. The van der Waals surface area contributed by atoms with Crippen LogP contribution in [0.2, 0.25) is 0 Å². The molecule has 110 valence electrons. The molecule has 0 aliphatic rings. The third kappa shape index (κ3) is 1.95. The van der Waals surface area contributed by atoms with Crippen LogP contribution in [0.1, 0.15) is 11.4 Å². The molecule has 7 nitrogen and oxygen atoms in total. The Hall–Kier alpha value is -2.48. The quantitative estimate of drug-likeness (QED) is 0.547. The lowest BCUT2D eigenvalue weighted by Gasteiger charge is -2.04. The Morgan fingerprint density at radius 2 is 2.23 bits per heavy atom. The van der Waals surface area contributed by atoms with Crippen LogP contribution in [0.15, 0.2) is 44.5 Å². The van der Waals surface area contributed by atoms with Crippen LogP contribution in [0, 0.1) is 6.92 Å². The maximum atomic E-state index is 12.1. The van der Waals surface area contributed by atoms with Gasteiger partial charge in [0.2, 0.25) is 0 Å². The fraction of sp³-hybridized carbons (Fsp3) is 0.143. The van der Waals surface area contributed by atoms with Crippen molar-refractivity contribution in [3.05, 3.63) is 57.3 Å². The van der Waals surface area contributed by atoms with Crippen molar-refractivity contribution in [1.82, 2.24) is 23.9 Å². The van der Waals surface area contributed by atoms with Crippen molar-refractivity contribution in [2.24, 2.45) is 0 Å². The summed E-state index contributed by atoms with van der Waals surface area (Å²) in [6.07, 6.45) is 4.80. The predicted octanol–water partition coefficient (Wildman–Crippen LogP) is 2.15. The molecule has 4 heterocycles. The summed E-state index contributed by atoms with van der Waals surface area (Å²) in [6, 6.07) is 3.84. The maximum Gasteiger partial charge on any atom is 0.421 e. The Bertz CT molecular complexity index is 1060. The van der Waals surface area contributed by atoms with Gasteiger partial charge in [0.15, 0.2) is 11.2 Å². The minimum Gasteiger partial charge on any atom is -0.404 e. The normalized spacial score (nSPS) is 11.5. The van der Waals surface area contributed by atoms with E-state index >= 15 is 0 Å². The largest absolute Gasteiger partial charge is 0.421 e. The Labute approximate surface area is 132 Å². The molecular weight excluding hydrogens is 350 g/mol. The molecule has 0 amide bonds. The Balaban J connectivity index is 1.93. The van der Waals surface area contributed by atoms with Gasteiger partial charge in [-0.15, -0.1) is 0 Å². The Kier molecular flexibility index (Phi) is 2.86. The zero-order valence-corrected chi connectivity index (χ0v) is 13.1. The van der Waals surface area contributed by atoms with Gasteiger partial charge in [0.1, 0.15) is 12.0 Å². The molecule has 4 aromatic heterocycles. The summed E-state index contributed by atoms with van der Waals surface area (Å²) in [4.78, 5) is 24.6. The number of pyridine rings is 1. The van der Waals surface area contributed by atoms with E-state index < -0.39 is 5.76 Å². The van der Waals surface area contributed by atoms with Crippen molar-refractivity contribution in [3.63, 3.8) is 0 Å². The smallest absolute Gasteiger partial charge is 0.404 e. The first-order valence-corrected chi connectivity index (χ1v) is 7.35. The molecular formula is C14H10BrN5O2. The summed E-state index contributed by atoms with van der Waals surface area (Å²) in [5.74, 6) is -0.458. The first-order chi connectivity index (χ1) is 10.6. The molecule has 0 bridgehead atoms. The fourth-order valence-electron chi connectivity index (χ4n) is 2.49. The first-order valence-electron chi connectivity index (χ1n) is 6.56. The Morgan fingerprint density at radius 3 is 3.09 bits per heavy atom. The fourth-order valence-corrected chi connectivity index (χ4v) is 2.82. The monoisotopic (exact) mass is 359 g/mol. The first kappa shape index (κ1) is 13.2. The second kappa shape index (κ2) is 4.77. The number of fused-ring (bicyclic) bond motifs is 2. The number of aromatic nitrogens is 5. The summed E-state index contributed by atoms with van der Waals surface area (Å²) < 4.78 is 9.53. The van der Waals surface area contributed by atoms with Crippen LogP contribution >= 0.6 is 15.9 Å². The van der Waals surface area contributed by atoms with E-state index in [1.165, 1.54) is 17.1 Å². The molecule has 4 rings (SSSR count). The number of imidazole rings is 1. The lowest BCUT2D eigenvalue weighted by molar-refractivity contribution is 0.514. The van der Waals surface area contributed by atoms with Crippen molar-refractivity contribution in [1.29, 1.82) is 0 Å². The van der Waals surface area contributed by atoms with Crippen LogP contribution in [0.25, 0.3) is 16.9 Å². The second-order valence-electron chi connectivity index (χ2n) is 4.88. The molecule has 22 heavy (non-hydrogen) atoms. The van der Waals surface area contributed by atoms with E-state index in [2.05, 4.69) is 30.9 Å². The molecule has 0 saturated carbocycles. The van der Waals surface area contributed by atoms with Gasteiger partial charge in [0.25, 0.3) is 0 Å². The third-order valence-corrected chi connectivity index (χ3v) is 3.99. The standard InChI is InChI=1S/C14H10BrN5O2/c1-8-10(19-5-9(15)2-3-12(19)18-8)6-20-13-11(22-14(20)21)4-16-7-17-13/h2-5,7H,6H2,1H3. The van der Waals surface area contributed by atoms with Crippen molar-refractivity contribution in [3.8, 4) is 0 Å². The highest BCUT2D eigenvalue weighted by molar-refractivity contribution is 9.10. The molecule has 0 spiro atoms. The molecule has 0 aliphatic carbocycles. The van der Waals surface area contributed by atoms with Gasteiger partial charge in [-0.3, -0.25) is 4.57 Å². The van der Waals surface area contributed by atoms with Gasteiger partial charge >= 0.3 is 5.76 Å². The van der Waals surface area contributed by atoms with Crippen LogP contribution < -0.4 is 5.76 Å². The van der Waals surface area contributed by atoms with Crippen LogP contribution in [0.5, 0.6) is 0 Å². The average molecular weight is 360 g/mol. The van der Waals surface area contributed by atoms with E-state index in [1.54, 1.807) is 0 Å². The van der Waals surface area contributed by atoms with E-state index in [0.29, 0.717) is 17.8 Å². The van der Waals surface area contributed by atoms with Crippen LogP contribution in [-0.2, 0) is 6.54 Å². The molecule has 0 N–H and O–H groups in total. The van der Waals surface area contributed by atoms with Gasteiger partial charge in [-0.1, -0.05) is 0 Å². The molecule has 0 aromatic carbocycles. The van der Waals surface area contributed by atoms with Crippen LogP contribution in [0.4, 0.5) is 0 Å². The van der Waals surface area contributed by atoms with Gasteiger partial charge in [0, 0.05) is 10.7 Å². The van der Waals surface area contributed by atoms with Crippen molar-refractivity contribution in [2.75, 3.05) is 0 Å². The SMILES string of the molecule is Cc1nc2ccc(Br)cn2c1Cn1c(=O)oc2cncnc21. The summed E-state index contributed by atoms with van der Waals surface area (Å²) >= 11 is 3.45. The minimum atomic E-state index is -0.458. The van der Waals surface area contributed by atoms with E-state index in [1.807, 2.05) is 29.7 Å². The summed E-state index contributed by atoms with van der Waals surface area (Å²) in [5.41, 5.74) is 3.43. The number of hydrogen-bond acceptors (Lipinski definition) is 5. The van der Waals surface area contributed by atoms with E-state index in [4.69, 9.17) is 4.42 Å². The van der Waals surface area contributed by atoms with Crippen LogP contribution in [0.3, 0.4) is 0 Å². The summed E-state index contributed by atoms with van der Waals surface area (Å²) in [7, 11) is 0. The number of aryl methyl sites for hydroxylation is 1. The number of oxazole rings is 1. The van der Waals surface area contributed by atoms with Gasteiger partial charge in [-0.05, 0) is 35.0 Å². The summed E-state index contributed by atoms with van der Waals surface area (Å²) in [6.45, 7) is 2.24. The predicted molar refractivity (Wildman–Crippen MR) is 82.8 cm³/mol. The molecule has 0 unspecified atom stereocenters. The van der Waals surface area contributed by atoms with Crippen LogP contribution in [-0.4, -0.2) is 23.9 Å². The van der Waals surface area contributed by atoms with E-state index in [9.17, 15) is 4.79 Å². The van der Waals surface area contributed by atoms with Crippen molar-refractivity contribution >= 4 is 32.8 Å². The minimum absolute atomic E-state index is 0.326. The van der Waals surface area contributed by atoms with Gasteiger partial charge in [-0.25, -0.2) is 19.7 Å². The van der Waals surface area contributed by atoms with E-state index in [-0.39, 0.29) is 0 Å². The molecule has 0 fully saturated rings. The Morgan fingerprint density at radius 1 is 1.36 bits per heavy atom. The zero-order valence-electron chi connectivity index (χ0n) is 11.5. The van der Waals surface area contributed by atoms with Crippen molar-refractivity contribution < 1.29 is 4.42 Å². The second-order valence-corrected chi connectivity index (χ2v) is 5.80. The van der Waals surface area contributed by atoms with Gasteiger partial charge in [0.05, 0.1) is 24.1 Å². The number of hydrogen-bond donors (Lipinski definition) is 0. The molecule has 0 saturated heterocycles. The van der Waals surface area contributed by atoms with E-state index in [0.717, 1.165) is 21.5 Å². The van der Waals surface area contributed by atoms with Crippen molar-refractivity contribution in [2.45, 2.75) is 13.5 Å². The van der Waals surface area contributed by atoms with Gasteiger partial charge in [-0.2, -0.15) is 0 Å². The highest BCUT2D eigenvalue weighted by atomic mass is 79.9. The molecule has 4 aromatic rings. The molecule has 0 radical (unpaired) electrons. The lowest BCUT2D eigenvalue weighted by Crippen LogP contribution is -2.17. The topological polar surface area (TPSA) is 78.2 Å². The molecule has 8 heteroatoms. The zero-order chi connectivity index (χ0) is 15.3. The number of nitrogens with zero attached hydrogens (tertiary/aromatic N) is 5. The highest BCUT2D eigenvalue weighted by Gasteiger charge is 2.15.